The number of alkyl halides is 3. The maximum atomic E-state index is 12.4. The van der Waals surface area contributed by atoms with Crippen LogP contribution in [0.4, 0.5) is 13.2 Å². The summed E-state index contributed by atoms with van der Waals surface area (Å²) >= 11 is 0.199. The van der Waals surface area contributed by atoms with Crippen molar-refractivity contribution in [2.45, 2.75) is 13.1 Å². The van der Waals surface area contributed by atoms with Gasteiger partial charge in [-0.15, -0.1) is 5.10 Å². The molecule has 1 heterocycles. The Morgan fingerprint density at radius 1 is 1.35 bits per heavy atom. The number of aromatic carboxylic acids is 1. The Bertz CT molecular complexity index is 655. The third kappa shape index (κ3) is 3.05. The number of carboxylic acids is 1. The van der Waals surface area contributed by atoms with Crippen molar-refractivity contribution in [3.8, 4) is 10.9 Å². The van der Waals surface area contributed by atoms with E-state index in [0.717, 1.165) is 0 Å². The Morgan fingerprint density at radius 3 is 2.60 bits per heavy atom. The molecule has 0 atom stereocenters. The van der Waals surface area contributed by atoms with Crippen LogP contribution in [-0.2, 0) is 6.18 Å². The fraction of sp³-hybridized carbons (Fsp3) is 0.182. The molecule has 0 saturated carbocycles. The number of carbonyl (C=O) groups is 1. The molecule has 1 aromatic carbocycles. The molecule has 0 saturated heterocycles. The van der Waals surface area contributed by atoms with E-state index in [1.807, 2.05) is 0 Å². The zero-order valence-electron chi connectivity index (χ0n) is 9.93. The molecule has 0 fully saturated rings. The minimum atomic E-state index is -4.61. The molecule has 106 valence electrons. The average Bonchev–Trinajstić information content (AvgIpc) is 2.76. The zero-order chi connectivity index (χ0) is 14.9. The summed E-state index contributed by atoms with van der Waals surface area (Å²) in [5, 5.41) is 13.6. The SMILES string of the molecule is Cc1ccc(C(=O)O)c(Oc2nnc(C(F)(F)F)s2)c1. The van der Waals surface area contributed by atoms with E-state index in [9.17, 15) is 18.0 Å². The maximum absolute atomic E-state index is 12.4. The number of ether oxygens (including phenoxy) is 1. The van der Waals surface area contributed by atoms with Crippen molar-refractivity contribution in [1.29, 1.82) is 0 Å². The summed E-state index contributed by atoms with van der Waals surface area (Å²) in [5.74, 6) is -1.33. The van der Waals surface area contributed by atoms with Crippen molar-refractivity contribution in [3.05, 3.63) is 34.3 Å². The smallest absolute Gasteiger partial charge is 0.445 e. The Labute approximate surface area is 114 Å². The monoisotopic (exact) mass is 304 g/mol. The second-order valence-corrected chi connectivity index (χ2v) is 4.72. The van der Waals surface area contributed by atoms with Gasteiger partial charge >= 0.3 is 12.1 Å². The van der Waals surface area contributed by atoms with Gasteiger partial charge in [0.25, 0.3) is 5.19 Å². The quantitative estimate of drug-likeness (QED) is 0.941. The summed E-state index contributed by atoms with van der Waals surface area (Å²) < 4.78 is 42.2. The number of rotatable bonds is 3. The number of hydrogen-bond donors (Lipinski definition) is 1. The highest BCUT2D eigenvalue weighted by Crippen LogP contribution is 2.36. The largest absolute Gasteiger partial charge is 0.478 e. The lowest BCUT2D eigenvalue weighted by Crippen LogP contribution is -2.03. The van der Waals surface area contributed by atoms with Crippen LogP contribution in [0.1, 0.15) is 20.9 Å². The number of nitrogens with zero attached hydrogens (tertiary/aromatic N) is 2. The van der Waals surface area contributed by atoms with Crippen LogP contribution in [-0.4, -0.2) is 21.3 Å². The zero-order valence-corrected chi connectivity index (χ0v) is 10.7. The van der Waals surface area contributed by atoms with Gasteiger partial charge in [0.05, 0.1) is 0 Å². The van der Waals surface area contributed by atoms with Crippen molar-refractivity contribution in [2.75, 3.05) is 0 Å². The van der Waals surface area contributed by atoms with E-state index in [-0.39, 0.29) is 27.8 Å². The van der Waals surface area contributed by atoms with Crippen LogP contribution in [0.5, 0.6) is 10.9 Å². The van der Waals surface area contributed by atoms with E-state index in [4.69, 9.17) is 9.84 Å². The first-order valence-corrected chi connectivity index (χ1v) is 6.01. The average molecular weight is 304 g/mol. The highest BCUT2D eigenvalue weighted by atomic mass is 32.1. The van der Waals surface area contributed by atoms with Crippen molar-refractivity contribution >= 4 is 17.3 Å². The first kappa shape index (κ1) is 14.3. The van der Waals surface area contributed by atoms with Gasteiger partial charge in [0, 0.05) is 0 Å². The van der Waals surface area contributed by atoms with Crippen molar-refractivity contribution < 1.29 is 27.8 Å². The summed E-state index contributed by atoms with van der Waals surface area (Å²) in [6.07, 6.45) is -4.61. The molecule has 0 unspecified atom stereocenters. The van der Waals surface area contributed by atoms with Crippen molar-refractivity contribution in [3.63, 3.8) is 0 Å². The minimum absolute atomic E-state index is 0.0811. The van der Waals surface area contributed by atoms with Gasteiger partial charge in [0.15, 0.2) is 0 Å². The molecule has 20 heavy (non-hydrogen) atoms. The molecule has 2 aromatic rings. The third-order valence-electron chi connectivity index (χ3n) is 2.21. The molecule has 0 aliphatic rings. The number of hydrogen-bond acceptors (Lipinski definition) is 5. The summed E-state index contributed by atoms with van der Waals surface area (Å²) in [6.45, 7) is 1.69. The lowest BCUT2D eigenvalue weighted by atomic mass is 10.1. The van der Waals surface area contributed by atoms with Crippen LogP contribution < -0.4 is 4.74 Å². The van der Waals surface area contributed by atoms with Crippen LogP contribution in [0, 0.1) is 6.92 Å². The molecule has 1 aromatic heterocycles. The molecule has 0 aliphatic carbocycles. The lowest BCUT2D eigenvalue weighted by molar-refractivity contribution is -0.138. The first-order valence-electron chi connectivity index (χ1n) is 5.20. The molecule has 9 heteroatoms. The Morgan fingerprint density at radius 2 is 2.05 bits per heavy atom. The van der Waals surface area contributed by atoms with Gasteiger partial charge in [-0.25, -0.2) is 4.79 Å². The van der Waals surface area contributed by atoms with Gasteiger partial charge in [-0.3, -0.25) is 0 Å². The highest BCUT2D eigenvalue weighted by Gasteiger charge is 2.36. The minimum Gasteiger partial charge on any atom is -0.478 e. The Hall–Kier alpha value is -2.16. The number of aryl methyl sites for hydroxylation is 1. The van der Waals surface area contributed by atoms with Gasteiger partial charge in [-0.05, 0) is 24.6 Å². The van der Waals surface area contributed by atoms with E-state index in [0.29, 0.717) is 5.56 Å². The molecular formula is C11H7F3N2O3S. The topological polar surface area (TPSA) is 72.3 Å². The van der Waals surface area contributed by atoms with Crippen LogP contribution in [0.25, 0.3) is 0 Å². The number of carboxylic acid groups (broad SMARTS) is 1. The van der Waals surface area contributed by atoms with Crippen LogP contribution in [0.15, 0.2) is 18.2 Å². The molecule has 2 rings (SSSR count). The predicted octanol–water partition coefficient (Wildman–Crippen LogP) is 3.36. The van der Waals surface area contributed by atoms with Gasteiger partial charge in [0.1, 0.15) is 11.3 Å². The van der Waals surface area contributed by atoms with Crippen molar-refractivity contribution in [1.82, 2.24) is 10.2 Å². The van der Waals surface area contributed by atoms with E-state index < -0.39 is 17.2 Å². The van der Waals surface area contributed by atoms with Crippen LogP contribution in [0.3, 0.4) is 0 Å². The summed E-state index contributed by atoms with van der Waals surface area (Å²) in [5.41, 5.74) is 0.532. The predicted molar refractivity (Wildman–Crippen MR) is 63.1 cm³/mol. The standard InChI is InChI=1S/C11H7F3N2O3S/c1-5-2-3-6(8(17)18)7(4-5)19-10-16-15-9(20-10)11(12,13)14/h2-4H,1H3,(H,17,18). The third-order valence-corrected chi connectivity index (χ3v) is 3.06. The first-order chi connectivity index (χ1) is 9.27. The maximum Gasteiger partial charge on any atom is 0.445 e. The van der Waals surface area contributed by atoms with Gasteiger partial charge in [-0.2, -0.15) is 13.2 Å². The van der Waals surface area contributed by atoms with Crippen molar-refractivity contribution in [2.24, 2.45) is 0 Å². The molecule has 1 N–H and O–H groups in total. The van der Waals surface area contributed by atoms with E-state index in [2.05, 4.69) is 10.2 Å². The molecule has 0 aliphatic heterocycles. The summed E-state index contributed by atoms with van der Waals surface area (Å²) in [6, 6.07) is 4.26. The summed E-state index contributed by atoms with van der Waals surface area (Å²) in [4.78, 5) is 11.0. The second-order valence-electron chi connectivity index (χ2n) is 3.78. The molecule has 5 nitrogen and oxygen atoms in total. The van der Waals surface area contributed by atoms with E-state index in [1.165, 1.54) is 12.1 Å². The molecular weight excluding hydrogens is 297 g/mol. The van der Waals surface area contributed by atoms with Gasteiger partial charge < -0.3 is 9.84 Å². The van der Waals surface area contributed by atoms with E-state index >= 15 is 0 Å². The summed E-state index contributed by atoms with van der Waals surface area (Å²) in [7, 11) is 0. The molecule has 0 radical (unpaired) electrons. The number of halogens is 3. The fourth-order valence-electron chi connectivity index (χ4n) is 1.35. The Kier molecular flexibility index (Phi) is 3.62. The molecule has 0 amide bonds. The normalized spacial score (nSPS) is 11.4. The second kappa shape index (κ2) is 5.08. The van der Waals surface area contributed by atoms with Gasteiger partial charge in [0.2, 0.25) is 5.01 Å². The van der Waals surface area contributed by atoms with Gasteiger partial charge in [-0.1, -0.05) is 22.5 Å². The number of benzene rings is 1. The molecule has 0 spiro atoms. The van der Waals surface area contributed by atoms with Crippen LogP contribution >= 0.6 is 11.3 Å². The Balaban J connectivity index is 2.32. The fourth-order valence-corrected chi connectivity index (χ4v) is 1.93. The van der Waals surface area contributed by atoms with E-state index in [1.54, 1.807) is 13.0 Å². The molecule has 0 bridgehead atoms. The van der Waals surface area contributed by atoms with Crippen LogP contribution in [0.2, 0.25) is 0 Å². The lowest BCUT2D eigenvalue weighted by Gasteiger charge is -2.06. The highest BCUT2D eigenvalue weighted by molar-refractivity contribution is 7.13. The number of aromatic nitrogens is 2.